The van der Waals surface area contributed by atoms with Gasteiger partial charge in [0.15, 0.2) is 9.84 Å². The van der Waals surface area contributed by atoms with Crippen LogP contribution in [-0.4, -0.2) is 44.3 Å². The average molecular weight is 296 g/mol. The molecule has 0 radical (unpaired) electrons. The number of nitrogens with two attached hydrogens (primary N) is 1. The van der Waals surface area contributed by atoms with Gasteiger partial charge in [-0.1, -0.05) is 12.1 Å². The molecule has 1 aliphatic rings. The number of rotatable bonds is 3. The molecule has 0 bridgehead atoms. The van der Waals surface area contributed by atoms with E-state index in [9.17, 15) is 13.2 Å². The molecule has 0 aliphatic carbocycles. The lowest BCUT2D eigenvalue weighted by Gasteiger charge is -2.32. The Hall–Kier alpha value is -1.56. The predicted molar refractivity (Wildman–Crippen MR) is 79.1 cm³/mol. The monoisotopic (exact) mass is 296 g/mol. The van der Waals surface area contributed by atoms with Gasteiger partial charge in [-0.25, -0.2) is 8.42 Å². The van der Waals surface area contributed by atoms with E-state index in [1.54, 1.807) is 4.90 Å². The van der Waals surface area contributed by atoms with E-state index in [2.05, 4.69) is 0 Å². The fraction of sp³-hybridized carbons (Fsp3) is 0.500. The quantitative estimate of drug-likeness (QED) is 0.844. The number of carbonyl (C=O) groups is 1. The molecule has 2 N–H and O–H groups in total. The van der Waals surface area contributed by atoms with Crippen molar-refractivity contribution >= 4 is 21.4 Å². The standard InChI is InChI=1S/C14H20N2O3S/c1-20(18,19)10-14(17)16-8-6-12(7-9-16)11-2-4-13(15)5-3-11/h2-5,12H,6-10,15H2,1H3. The minimum Gasteiger partial charge on any atom is -0.399 e. The Labute approximate surface area is 119 Å². The molecule has 2 rings (SSSR count). The van der Waals surface area contributed by atoms with E-state index >= 15 is 0 Å². The first-order valence-corrected chi connectivity index (χ1v) is 8.72. The van der Waals surface area contributed by atoms with Gasteiger partial charge in [0.1, 0.15) is 5.75 Å². The van der Waals surface area contributed by atoms with E-state index < -0.39 is 9.84 Å². The maximum atomic E-state index is 11.8. The highest BCUT2D eigenvalue weighted by Crippen LogP contribution is 2.28. The van der Waals surface area contributed by atoms with Gasteiger partial charge in [0.25, 0.3) is 0 Å². The number of likely N-dealkylation sites (tertiary alicyclic amines) is 1. The number of nitrogen functional groups attached to an aromatic ring is 1. The fourth-order valence-electron chi connectivity index (χ4n) is 2.55. The van der Waals surface area contributed by atoms with Gasteiger partial charge in [-0.3, -0.25) is 4.79 Å². The first-order valence-electron chi connectivity index (χ1n) is 6.66. The van der Waals surface area contributed by atoms with Crippen LogP contribution >= 0.6 is 0 Å². The van der Waals surface area contributed by atoms with Crippen LogP contribution < -0.4 is 5.73 Å². The number of nitrogens with zero attached hydrogens (tertiary/aromatic N) is 1. The summed E-state index contributed by atoms with van der Waals surface area (Å²) >= 11 is 0. The molecule has 0 saturated carbocycles. The van der Waals surface area contributed by atoms with Crippen LogP contribution in [0.15, 0.2) is 24.3 Å². The highest BCUT2D eigenvalue weighted by molar-refractivity contribution is 7.91. The molecule has 0 spiro atoms. The molecule has 1 fully saturated rings. The maximum absolute atomic E-state index is 11.8. The molecule has 20 heavy (non-hydrogen) atoms. The molecular weight excluding hydrogens is 276 g/mol. The topological polar surface area (TPSA) is 80.5 Å². The summed E-state index contributed by atoms with van der Waals surface area (Å²) in [5, 5.41) is 0. The average Bonchev–Trinajstić information content (AvgIpc) is 2.38. The molecule has 0 unspecified atom stereocenters. The van der Waals surface area contributed by atoms with E-state index in [0.717, 1.165) is 24.8 Å². The van der Waals surface area contributed by atoms with Crippen LogP contribution in [0, 0.1) is 0 Å². The van der Waals surface area contributed by atoms with E-state index in [1.807, 2.05) is 24.3 Å². The summed E-state index contributed by atoms with van der Waals surface area (Å²) in [5.74, 6) is -0.263. The lowest BCUT2D eigenvalue weighted by Crippen LogP contribution is -2.40. The van der Waals surface area contributed by atoms with E-state index in [-0.39, 0.29) is 11.7 Å². The van der Waals surface area contributed by atoms with Gasteiger partial charge in [-0.2, -0.15) is 0 Å². The molecule has 6 heteroatoms. The molecule has 5 nitrogen and oxygen atoms in total. The second kappa shape index (κ2) is 5.83. The summed E-state index contributed by atoms with van der Waals surface area (Å²) in [6.45, 7) is 1.23. The van der Waals surface area contributed by atoms with E-state index in [0.29, 0.717) is 19.0 Å². The zero-order chi connectivity index (χ0) is 14.8. The number of hydrogen-bond donors (Lipinski definition) is 1. The Balaban J connectivity index is 1.92. The Bertz CT molecular complexity index is 573. The summed E-state index contributed by atoms with van der Waals surface area (Å²) in [5.41, 5.74) is 7.64. The Morgan fingerprint density at radius 1 is 1.25 bits per heavy atom. The third-order valence-electron chi connectivity index (χ3n) is 3.64. The van der Waals surface area contributed by atoms with Crippen molar-refractivity contribution in [2.75, 3.05) is 30.8 Å². The van der Waals surface area contributed by atoms with Crippen molar-refractivity contribution in [3.63, 3.8) is 0 Å². The molecule has 1 aliphatic heterocycles. The second-order valence-electron chi connectivity index (χ2n) is 5.39. The molecule has 1 saturated heterocycles. The molecule has 1 aromatic carbocycles. The van der Waals surface area contributed by atoms with Crippen LogP contribution in [-0.2, 0) is 14.6 Å². The van der Waals surface area contributed by atoms with E-state index in [1.165, 1.54) is 5.56 Å². The zero-order valence-corrected chi connectivity index (χ0v) is 12.4. The summed E-state index contributed by atoms with van der Waals surface area (Å²) in [7, 11) is -3.25. The molecular formula is C14H20N2O3S. The zero-order valence-electron chi connectivity index (χ0n) is 11.6. The van der Waals surface area contributed by atoms with Crippen molar-refractivity contribution in [2.45, 2.75) is 18.8 Å². The Morgan fingerprint density at radius 3 is 2.30 bits per heavy atom. The van der Waals surface area contributed by atoms with Gasteiger partial charge in [0.2, 0.25) is 5.91 Å². The third kappa shape index (κ3) is 3.96. The van der Waals surface area contributed by atoms with Crippen molar-refractivity contribution in [3.05, 3.63) is 29.8 Å². The van der Waals surface area contributed by atoms with Crippen molar-refractivity contribution in [1.82, 2.24) is 4.90 Å². The second-order valence-corrected chi connectivity index (χ2v) is 7.53. The molecule has 110 valence electrons. The molecule has 0 aromatic heterocycles. The van der Waals surface area contributed by atoms with E-state index in [4.69, 9.17) is 5.73 Å². The SMILES string of the molecule is CS(=O)(=O)CC(=O)N1CCC(c2ccc(N)cc2)CC1. The van der Waals surface area contributed by atoms with Crippen LogP contribution in [0.1, 0.15) is 24.3 Å². The maximum Gasteiger partial charge on any atom is 0.237 e. The number of anilines is 1. The summed E-state index contributed by atoms with van der Waals surface area (Å²) in [6, 6.07) is 7.81. The number of piperidine rings is 1. The number of benzene rings is 1. The molecule has 1 heterocycles. The van der Waals surface area contributed by atoms with Crippen LogP contribution in [0.4, 0.5) is 5.69 Å². The minimum absolute atomic E-state index is 0.289. The van der Waals surface area contributed by atoms with Crippen molar-refractivity contribution in [3.8, 4) is 0 Å². The summed E-state index contributed by atoms with van der Waals surface area (Å²) in [6.07, 6.45) is 2.81. The van der Waals surface area contributed by atoms with Gasteiger partial charge in [0, 0.05) is 25.0 Å². The molecule has 1 amide bonds. The van der Waals surface area contributed by atoms with Gasteiger partial charge < -0.3 is 10.6 Å². The van der Waals surface area contributed by atoms with Crippen LogP contribution in [0.2, 0.25) is 0 Å². The van der Waals surface area contributed by atoms with Gasteiger partial charge in [0.05, 0.1) is 0 Å². The number of hydrogen-bond acceptors (Lipinski definition) is 4. The third-order valence-corrected chi connectivity index (χ3v) is 4.41. The lowest BCUT2D eigenvalue weighted by atomic mass is 9.89. The summed E-state index contributed by atoms with van der Waals surface area (Å²) < 4.78 is 22.3. The van der Waals surface area contributed by atoms with Crippen molar-refractivity contribution < 1.29 is 13.2 Å². The van der Waals surface area contributed by atoms with Crippen molar-refractivity contribution in [1.29, 1.82) is 0 Å². The highest BCUT2D eigenvalue weighted by atomic mass is 32.2. The number of sulfone groups is 1. The van der Waals surface area contributed by atoms with Gasteiger partial charge >= 0.3 is 0 Å². The van der Waals surface area contributed by atoms with Crippen LogP contribution in [0.3, 0.4) is 0 Å². The van der Waals surface area contributed by atoms with Crippen LogP contribution in [0.25, 0.3) is 0 Å². The normalized spacial score (nSPS) is 17.1. The first kappa shape index (κ1) is 14.8. The van der Waals surface area contributed by atoms with Crippen molar-refractivity contribution in [2.24, 2.45) is 0 Å². The smallest absolute Gasteiger partial charge is 0.237 e. The molecule has 0 atom stereocenters. The fourth-order valence-corrected chi connectivity index (χ4v) is 3.18. The minimum atomic E-state index is -3.25. The Kier molecular flexibility index (Phi) is 4.32. The largest absolute Gasteiger partial charge is 0.399 e. The predicted octanol–water partition coefficient (Wildman–Crippen LogP) is 1.02. The molecule has 1 aromatic rings. The highest BCUT2D eigenvalue weighted by Gasteiger charge is 2.25. The van der Waals surface area contributed by atoms with Gasteiger partial charge in [-0.15, -0.1) is 0 Å². The Morgan fingerprint density at radius 2 is 1.80 bits per heavy atom. The number of carbonyl (C=O) groups excluding carboxylic acids is 1. The summed E-state index contributed by atoms with van der Waals surface area (Å²) in [4.78, 5) is 13.5. The van der Waals surface area contributed by atoms with Crippen LogP contribution in [0.5, 0.6) is 0 Å². The first-order chi connectivity index (χ1) is 9.35. The lowest BCUT2D eigenvalue weighted by molar-refractivity contribution is -0.129. The van der Waals surface area contributed by atoms with Gasteiger partial charge in [-0.05, 0) is 36.5 Å². The number of amides is 1.